The molecular formula is C9H18FNO2. The number of hydrogen-bond donors (Lipinski definition) is 2. The lowest BCUT2D eigenvalue weighted by Gasteiger charge is -2.38. The molecule has 0 aliphatic carbocycles. The van der Waals surface area contributed by atoms with Crippen LogP contribution in [0.3, 0.4) is 0 Å². The third-order valence-electron chi connectivity index (χ3n) is 2.31. The van der Waals surface area contributed by atoms with Crippen LogP contribution in [0, 0.1) is 0 Å². The van der Waals surface area contributed by atoms with Crippen molar-refractivity contribution < 1.29 is 14.2 Å². The topological polar surface area (TPSA) is 41.5 Å². The van der Waals surface area contributed by atoms with E-state index in [-0.39, 0.29) is 17.7 Å². The van der Waals surface area contributed by atoms with E-state index in [1.165, 1.54) is 0 Å². The van der Waals surface area contributed by atoms with E-state index < -0.39 is 6.67 Å². The highest BCUT2D eigenvalue weighted by Gasteiger charge is 2.32. The fourth-order valence-electron chi connectivity index (χ4n) is 1.63. The lowest BCUT2D eigenvalue weighted by molar-refractivity contribution is -0.0936. The van der Waals surface area contributed by atoms with Crippen LogP contribution in [0.25, 0.3) is 0 Å². The summed E-state index contributed by atoms with van der Waals surface area (Å²) in [4.78, 5) is 0. The van der Waals surface area contributed by atoms with Crippen molar-refractivity contribution in [1.82, 2.24) is 5.32 Å². The van der Waals surface area contributed by atoms with Gasteiger partial charge in [0.05, 0.1) is 24.4 Å². The molecule has 1 aliphatic rings. The molecule has 13 heavy (non-hydrogen) atoms. The van der Waals surface area contributed by atoms with Crippen molar-refractivity contribution in [1.29, 1.82) is 0 Å². The van der Waals surface area contributed by atoms with Gasteiger partial charge in [-0.2, -0.15) is 0 Å². The molecule has 2 N–H and O–H groups in total. The molecule has 1 saturated heterocycles. The van der Waals surface area contributed by atoms with Crippen LogP contribution in [-0.4, -0.2) is 42.7 Å². The summed E-state index contributed by atoms with van der Waals surface area (Å²) in [5.41, 5.74) is -0.347. The number of rotatable bonds is 3. The highest BCUT2D eigenvalue weighted by molar-refractivity contribution is 4.86. The minimum atomic E-state index is -0.398. The number of halogens is 1. The zero-order valence-electron chi connectivity index (χ0n) is 8.22. The Hall–Kier alpha value is -0.190. The Labute approximate surface area is 78.3 Å². The number of aliphatic hydroxyl groups excluding tert-OH is 1. The van der Waals surface area contributed by atoms with Crippen LogP contribution >= 0.6 is 0 Å². The van der Waals surface area contributed by atoms with Gasteiger partial charge in [0, 0.05) is 13.0 Å². The maximum absolute atomic E-state index is 12.2. The summed E-state index contributed by atoms with van der Waals surface area (Å²) in [6.45, 7) is 4.26. The molecule has 0 spiro atoms. The van der Waals surface area contributed by atoms with E-state index in [0.717, 1.165) is 0 Å². The smallest absolute Gasteiger partial charge is 0.107 e. The Morgan fingerprint density at radius 1 is 1.77 bits per heavy atom. The van der Waals surface area contributed by atoms with Gasteiger partial charge in [-0.05, 0) is 13.8 Å². The minimum Gasteiger partial charge on any atom is -0.393 e. The SMILES string of the molecule is CC(O)CC1(C)CNC(CF)CO1. The predicted molar refractivity (Wildman–Crippen MR) is 48.4 cm³/mol. The molecule has 0 aromatic heterocycles. The standard InChI is InChI=1S/C9H18FNO2/c1-7(12)3-9(2)6-11-8(4-10)5-13-9/h7-8,11-12H,3-6H2,1-2H3. The Bertz CT molecular complexity index is 156. The van der Waals surface area contributed by atoms with Crippen molar-refractivity contribution in [2.75, 3.05) is 19.8 Å². The molecule has 4 heteroatoms. The minimum absolute atomic E-state index is 0.179. The molecule has 0 bridgehead atoms. The van der Waals surface area contributed by atoms with Crippen LogP contribution in [0.4, 0.5) is 4.39 Å². The van der Waals surface area contributed by atoms with Gasteiger partial charge in [0.25, 0.3) is 0 Å². The van der Waals surface area contributed by atoms with Crippen molar-refractivity contribution in [2.24, 2.45) is 0 Å². The molecule has 1 heterocycles. The number of hydrogen-bond acceptors (Lipinski definition) is 3. The molecule has 0 aromatic carbocycles. The molecule has 3 nitrogen and oxygen atoms in total. The summed E-state index contributed by atoms with van der Waals surface area (Å²) in [6, 6.07) is -0.179. The second kappa shape index (κ2) is 4.35. The maximum Gasteiger partial charge on any atom is 0.107 e. The van der Waals surface area contributed by atoms with Crippen molar-refractivity contribution >= 4 is 0 Å². The van der Waals surface area contributed by atoms with E-state index in [9.17, 15) is 9.50 Å². The molecule has 1 aliphatic heterocycles. The summed E-state index contributed by atoms with van der Waals surface area (Å²) in [6.07, 6.45) is 0.202. The van der Waals surface area contributed by atoms with Crippen LogP contribution in [0.2, 0.25) is 0 Å². The molecule has 0 aromatic rings. The lowest BCUT2D eigenvalue weighted by atomic mass is 9.96. The summed E-state index contributed by atoms with van der Waals surface area (Å²) in [5, 5.41) is 12.3. The van der Waals surface area contributed by atoms with Gasteiger partial charge in [0.2, 0.25) is 0 Å². The van der Waals surface area contributed by atoms with Gasteiger partial charge in [-0.15, -0.1) is 0 Å². The second-order valence-corrected chi connectivity index (χ2v) is 4.05. The predicted octanol–water partition coefficient (Wildman–Crippen LogP) is 0.474. The van der Waals surface area contributed by atoms with Crippen molar-refractivity contribution in [3.05, 3.63) is 0 Å². The molecule has 3 unspecified atom stereocenters. The van der Waals surface area contributed by atoms with Crippen molar-refractivity contribution in [3.63, 3.8) is 0 Å². The first-order valence-electron chi connectivity index (χ1n) is 4.67. The summed E-state index contributed by atoms with van der Waals surface area (Å²) in [7, 11) is 0. The first-order valence-corrected chi connectivity index (χ1v) is 4.67. The zero-order chi connectivity index (χ0) is 9.90. The van der Waals surface area contributed by atoms with Crippen molar-refractivity contribution in [2.45, 2.75) is 38.0 Å². The Balaban J connectivity index is 2.37. The van der Waals surface area contributed by atoms with E-state index >= 15 is 0 Å². The third kappa shape index (κ3) is 3.21. The third-order valence-corrected chi connectivity index (χ3v) is 2.31. The Morgan fingerprint density at radius 3 is 2.85 bits per heavy atom. The van der Waals surface area contributed by atoms with Gasteiger partial charge in [0.15, 0.2) is 0 Å². The molecule has 0 saturated carbocycles. The zero-order valence-corrected chi connectivity index (χ0v) is 8.22. The van der Waals surface area contributed by atoms with Gasteiger partial charge in [-0.3, -0.25) is 0 Å². The fraction of sp³-hybridized carbons (Fsp3) is 1.00. The molecule has 0 radical (unpaired) electrons. The molecule has 1 rings (SSSR count). The quantitative estimate of drug-likeness (QED) is 0.681. The second-order valence-electron chi connectivity index (χ2n) is 4.05. The number of alkyl halides is 1. The van der Waals surface area contributed by atoms with Gasteiger partial charge in [-0.25, -0.2) is 4.39 Å². The monoisotopic (exact) mass is 191 g/mol. The lowest BCUT2D eigenvalue weighted by Crippen LogP contribution is -2.54. The molecule has 0 amide bonds. The number of ether oxygens (including phenoxy) is 1. The van der Waals surface area contributed by atoms with Gasteiger partial charge in [0.1, 0.15) is 6.67 Å². The van der Waals surface area contributed by atoms with Crippen LogP contribution < -0.4 is 5.32 Å². The van der Waals surface area contributed by atoms with Crippen LogP contribution in [0.15, 0.2) is 0 Å². The van der Waals surface area contributed by atoms with E-state index in [2.05, 4.69) is 5.32 Å². The van der Waals surface area contributed by atoms with E-state index in [4.69, 9.17) is 4.74 Å². The van der Waals surface area contributed by atoms with Crippen LogP contribution in [-0.2, 0) is 4.74 Å². The average molecular weight is 191 g/mol. The molecule has 3 atom stereocenters. The van der Waals surface area contributed by atoms with E-state index in [1.54, 1.807) is 6.92 Å². The maximum atomic E-state index is 12.2. The van der Waals surface area contributed by atoms with Gasteiger partial charge in [-0.1, -0.05) is 0 Å². The summed E-state index contributed by atoms with van der Waals surface area (Å²) < 4.78 is 17.7. The molecular weight excluding hydrogens is 173 g/mol. The molecule has 1 fully saturated rings. The summed E-state index contributed by atoms with van der Waals surface area (Å²) >= 11 is 0. The van der Waals surface area contributed by atoms with Crippen molar-refractivity contribution in [3.8, 4) is 0 Å². The molecule has 78 valence electrons. The Morgan fingerprint density at radius 2 is 2.46 bits per heavy atom. The first kappa shape index (κ1) is 10.9. The highest BCUT2D eigenvalue weighted by Crippen LogP contribution is 2.20. The average Bonchev–Trinajstić information content (AvgIpc) is 2.04. The number of aliphatic hydroxyl groups is 1. The number of morpholine rings is 1. The van der Waals surface area contributed by atoms with Gasteiger partial charge >= 0.3 is 0 Å². The normalized spacial score (nSPS) is 37.4. The van der Waals surface area contributed by atoms with Crippen LogP contribution in [0.1, 0.15) is 20.3 Å². The largest absolute Gasteiger partial charge is 0.393 e. The van der Waals surface area contributed by atoms with E-state index in [0.29, 0.717) is 19.6 Å². The fourth-order valence-corrected chi connectivity index (χ4v) is 1.63. The van der Waals surface area contributed by atoms with E-state index in [1.807, 2.05) is 6.92 Å². The first-order chi connectivity index (χ1) is 6.06. The Kier molecular flexibility index (Phi) is 3.64. The summed E-state index contributed by atoms with van der Waals surface area (Å²) in [5.74, 6) is 0. The number of nitrogens with one attached hydrogen (secondary N) is 1. The highest BCUT2D eigenvalue weighted by atomic mass is 19.1. The van der Waals surface area contributed by atoms with Crippen LogP contribution in [0.5, 0.6) is 0 Å². The van der Waals surface area contributed by atoms with Gasteiger partial charge < -0.3 is 15.2 Å².